The molecular formula is C17H21FN2O. The molecule has 4 heteroatoms. The number of nitrogens with zero attached hydrogens (tertiary/aromatic N) is 1. The molecule has 0 aliphatic heterocycles. The summed E-state index contributed by atoms with van der Waals surface area (Å²) in [6.45, 7) is 4.17. The van der Waals surface area contributed by atoms with Crippen molar-refractivity contribution in [2.24, 2.45) is 0 Å². The van der Waals surface area contributed by atoms with Crippen molar-refractivity contribution in [3.05, 3.63) is 59.7 Å². The van der Waals surface area contributed by atoms with E-state index in [-0.39, 0.29) is 17.9 Å². The number of ether oxygens (including phenoxy) is 1. The molecule has 0 fully saturated rings. The summed E-state index contributed by atoms with van der Waals surface area (Å²) >= 11 is 0. The predicted molar refractivity (Wildman–Crippen MR) is 81.8 cm³/mol. The second-order valence-electron chi connectivity index (χ2n) is 4.99. The number of aromatic nitrogens is 1. The summed E-state index contributed by atoms with van der Waals surface area (Å²) < 4.78 is 18.4. The molecule has 2 atom stereocenters. The highest BCUT2D eigenvalue weighted by atomic mass is 19.1. The van der Waals surface area contributed by atoms with Gasteiger partial charge in [-0.3, -0.25) is 4.98 Å². The SMILES string of the molecule is CCC(N[C@@H](C)c1ccccc1OC)c1ccc(F)cn1. The van der Waals surface area contributed by atoms with E-state index in [9.17, 15) is 4.39 Å². The van der Waals surface area contributed by atoms with E-state index in [0.29, 0.717) is 0 Å². The summed E-state index contributed by atoms with van der Waals surface area (Å²) in [5.41, 5.74) is 1.95. The highest BCUT2D eigenvalue weighted by Gasteiger charge is 2.17. The standard InChI is InChI=1S/C17H21FN2O/c1-4-15(16-10-9-13(18)11-19-16)20-12(2)14-7-5-6-8-17(14)21-3/h5-12,15,20H,4H2,1-3H3/t12-,15?/m0/s1. The Morgan fingerprint density at radius 3 is 2.62 bits per heavy atom. The average Bonchev–Trinajstić information content (AvgIpc) is 2.53. The fourth-order valence-corrected chi connectivity index (χ4v) is 2.42. The molecule has 0 bridgehead atoms. The van der Waals surface area contributed by atoms with Crippen LogP contribution in [0.25, 0.3) is 0 Å². The van der Waals surface area contributed by atoms with Crippen molar-refractivity contribution in [3.63, 3.8) is 0 Å². The van der Waals surface area contributed by atoms with Gasteiger partial charge in [-0.25, -0.2) is 4.39 Å². The summed E-state index contributed by atoms with van der Waals surface area (Å²) in [5.74, 6) is 0.547. The van der Waals surface area contributed by atoms with Gasteiger partial charge in [0.15, 0.2) is 0 Å². The normalized spacial score (nSPS) is 13.7. The van der Waals surface area contributed by atoms with Gasteiger partial charge in [0.1, 0.15) is 11.6 Å². The van der Waals surface area contributed by atoms with E-state index in [1.165, 1.54) is 12.3 Å². The zero-order valence-corrected chi connectivity index (χ0v) is 12.6. The van der Waals surface area contributed by atoms with E-state index in [4.69, 9.17) is 4.74 Å². The number of para-hydroxylation sites is 1. The topological polar surface area (TPSA) is 34.1 Å². The molecule has 1 aromatic carbocycles. The lowest BCUT2D eigenvalue weighted by Gasteiger charge is -2.23. The number of hydrogen-bond donors (Lipinski definition) is 1. The Morgan fingerprint density at radius 2 is 2.00 bits per heavy atom. The largest absolute Gasteiger partial charge is 0.496 e. The number of pyridine rings is 1. The third-order valence-electron chi connectivity index (χ3n) is 3.57. The van der Waals surface area contributed by atoms with Gasteiger partial charge >= 0.3 is 0 Å². The van der Waals surface area contributed by atoms with Crippen LogP contribution in [0, 0.1) is 5.82 Å². The lowest BCUT2D eigenvalue weighted by Crippen LogP contribution is -2.25. The highest BCUT2D eigenvalue weighted by molar-refractivity contribution is 5.35. The van der Waals surface area contributed by atoms with Gasteiger partial charge in [0.2, 0.25) is 0 Å². The number of benzene rings is 1. The highest BCUT2D eigenvalue weighted by Crippen LogP contribution is 2.27. The Kier molecular flexibility index (Phi) is 5.28. The van der Waals surface area contributed by atoms with E-state index in [1.807, 2.05) is 24.3 Å². The minimum atomic E-state index is -0.314. The van der Waals surface area contributed by atoms with Crippen LogP contribution in [-0.4, -0.2) is 12.1 Å². The summed E-state index contributed by atoms with van der Waals surface area (Å²) in [6.07, 6.45) is 2.13. The van der Waals surface area contributed by atoms with Gasteiger partial charge in [-0.1, -0.05) is 25.1 Å². The van der Waals surface area contributed by atoms with Gasteiger partial charge < -0.3 is 10.1 Å². The summed E-state index contributed by atoms with van der Waals surface area (Å²) in [5, 5.41) is 3.53. The summed E-state index contributed by atoms with van der Waals surface area (Å²) in [4.78, 5) is 4.17. The maximum Gasteiger partial charge on any atom is 0.141 e. The van der Waals surface area contributed by atoms with E-state index < -0.39 is 0 Å². The number of nitrogens with one attached hydrogen (secondary N) is 1. The molecule has 0 amide bonds. The second kappa shape index (κ2) is 7.18. The van der Waals surface area contributed by atoms with Crippen LogP contribution >= 0.6 is 0 Å². The first kappa shape index (κ1) is 15.4. The van der Waals surface area contributed by atoms with Crippen molar-refractivity contribution in [2.45, 2.75) is 32.4 Å². The van der Waals surface area contributed by atoms with Gasteiger partial charge in [-0.05, 0) is 31.5 Å². The van der Waals surface area contributed by atoms with Crippen LogP contribution in [0.5, 0.6) is 5.75 Å². The Bertz CT molecular complexity index is 571. The Balaban J connectivity index is 2.16. The fraction of sp³-hybridized carbons (Fsp3) is 0.353. The van der Waals surface area contributed by atoms with Crippen LogP contribution in [-0.2, 0) is 0 Å². The van der Waals surface area contributed by atoms with Crippen molar-refractivity contribution in [1.29, 1.82) is 0 Å². The number of methoxy groups -OCH3 is 1. The predicted octanol–water partition coefficient (Wildman–Crippen LogP) is 4.03. The van der Waals surface area contributed by atoms with Gasteiger partial charge in [0.25, 0.3) is 0 Å². The van der Waals surface area contributed by atoms with Crippen LogP contribution in [0.4, 0.5) is 4.39 Å². The third kappa shape index (κ3) is 3.79. The molecule has 0 aliphatic rings. The molecule has 0 radical (unpaired) electrons. The van der Waals surface area contributed by atoms with Gasteiger partial charge in [0.05, 0.1) is 19.0 Å². The summed E-state index contributed by atoms with van der Waals surface area (Å²) in [7, 11) is 1.67. The lowest BCUT2D eigenvalue weighted by atomic mass is 10.0. The maximum absolute atomic E-state index is 13.0. The minimum Gasteiger partial charge on any atom is -0.496 e. The van der Waals surface area contributed by atoms with E-state index in [0.717, 1.165) is 23.4 Å². The minimum absolute atomic E-state index is 0.0745. The molecule has 2 rings (SSSR count). The van der Waals surface area contributed by atoms with E-state index in [1.54, 1.807) is 13.2 Å². The zero-order valence-electron chi connectivity index (χ0n) is 12.6. The molecule has 0 spiro atoms. The lowest BCUT2D eigenvalue weighted by molar-refractivity contribution is 0.390. The molecule has 1 unspecified atom stereocenters. The smallest absolute Gasteiger partial charge is 0.141 e. The van der Waals surface area contributed by atoms with Crippen LogP contribution in [0.3, 0.4) is 0 Å². The molecule has 2 aromatic rings. The molecule has 3 nitrogen and oxygen atoms in total. The maximum atomic E-state index is 13.0. The number of halogens is 1. The Morgan fingerprint density at radius 1 is 1.24 bits per heavy atom. The van der Waals surface area contributed by atoms with Gasteiger partial charge in [-0.2, -0.15) is 0 Å². The van der Waals surface area contributed by atoms with Crippen LogP contribution in [0.15, 0.2) is 42.6 Å². The van der Waals surface area contributed by atoms with Crippen molar-refractivity contribution in [1.82, 2.24) is 10.3 Å². The molecule has 112 valence electrons. The average molecular weight is 288 g/mol. The van der Waals surface area contributed by atoms with Gasteiger partial charge in [-0.15, -0.1) is 0 Å². The molecule has 1 aromatic heterocycles. The van der Waals surface area contributed by atoms with Crippen molar-refractivity contribution in [2.75, 3.05) is 7.11 Å². The first-order valence-corrected chi connectivity index (χ1v) is 7.16. The molecule has 1 heterocycles. The summed E-state index contributed by atoms with van der Waals surface area (Å²) in [6, 6.07) is 11.3. The molecular weight excluding hydrogens is 267 g/mol. The Hall–Kier alpha value is -1.94. The van der Waals surface area contributed by atoms with Crippen LogP contribution < -0.4 is 10.1 Å². The fourth-order valence-electron chi connectivity index (χ4n) is 2.42. The van der Waals surface area contributed by atoms with E-state index in [2.05, 4.69) is 24.1 Å². The first-order valence-electron chi connectivity index (χ1n) is 7.16. The molecule has 1 N–H and O–H groups in total. The first-order chi connectivity index (χ1) is 10.2. The molecule has 21 heavy (non-hydrogen) atoms. The monoisotopic (exact) mass is 288 g/mol. The number of hydrogen-bond acceptors (Lipinski definition) is 3. The third-order valence-corrected chi connectivity index (χ3v) is 3.57. The van der Waals surface area contributed by atoms with Crippen LogP contribution in [0.1, 0.15) is 43.6 Å². The van der Waals surface area contributed by atoms with Crippen molar-refractivity contribution in [3.8, 4) is 5.75 Å². The second-order valence-corrected chi connectivity index (χ2v) is 4.99. The Labute approximate surface area is 125 Å². The quantitative estimate of drug-likeness (QED) is 0.871. The molecule has 0 aliphatic carbocycles. The van der Waals surface area contributed by atoms with E-state index >= 15 is 0 Å². The zero-order chi connectivity index (χ0) is 15.2. The molecule has 0 saturated heterocycles. The van der Waals surface area contributed by atoms with Gasteiger partial charge in [0, 0.05) is 17.6 Å². The van der Waals surface area contributed by atoms with Crippen molar-refractivity contribution < 1.29 is 9.13 Å². The van der Waals surface area contributed by atoms with Crippen molar-refractivity contribution >= 4 is 0 Å². The van der Waals surface area contributed by atoms with Crippen LogP contribution in [0.2, 0.25) is 0 Å². The number of rotatable bonds is 6. The molecule has 0 saturated carbocycles.